The largest absolute Gasteiger partial charge is 0.329 e. The number of halogens is 1. The Bertz CT molecular complexity index is 599. The molecule has 0 saturated heterocycles. The van der Waals surface area contributed by atoms with E-state index in [1.54, 1.807) is 19.1 Å². The number of benzene rings is 2. The predicted octanol–water partition coefficient (Wildman–Crippen LogP) is 2.82. The van der Waals surface area contributed by atoms with Crippen LogP contribution in [-0.4, -0.2) is 12.5 Å². The fourth-order valence-electron chi connectivity index (χ4n) is 2.04. The van der Waals surface area contributed by atoms with Crippen molar-refractivity contribution in [2.24, 2.45) is 5.73 Å². The summed E-state index contributed by atoms with van der Waals surface area (Å²) in [5, 5.41) is 2.74. The van der Waals surface area contributed by atoms with Gasteiger partial charge in [0.2, 0.25) is 5.91 Å². The summed E-state index contributed by atoms with van der Waals surface area (Å²) in [4.78, 5) is 12.3. The molecule has 0 aliphatic carbocycles. The molecule has 104 valence electrons. The highest BCUT2D eigenvalue weighted by atomic mass is 19.1. The van der Waals surface area contributed by atoms with Crippen LogP contribution >= 0.6 is 0 Å². The number of nitrogens with one attached hydrogen (secondary N) is 1. The summed E-state index contributed by atoms with van der Waals surface area (Å²) in [6.07, 6.45) is 0. The van der Waals surface area contributed by atoms with Gasteiger partial charge in [-0.25, -0.2) is 4.39 Å². The molecule has 0 bridgehead atoms. The van der Waals surface area contributed by atoms with Gasteiger partial charge in [0.25, 0.3) is 0 Å². The number of carbonyl (C=O) groups excluding carboxylic acids is 1. The van der Waals surface area contributed by atoms with Gasteiger partial charge < -0.3 is 11.1 Å². The van der Waals surface area contributed by atoms with Crippen molar-refractivity contribution in [1.29, 1.82) is 0 Å². The minimum Gasteiger partial charge on any atom is -0.329 e. The van der Waals surface area contributed by atoms with Crippen LogP contribution in [0.1, 0.15) is 17.0 Å². The molecular weight excluding hydrogens is 255 g/mol. The van der Waals surface area contributed by atoms with Gasteiger partial charge >= 0.3 is 0 Å². The number of carbonyl (C=O) groups is 1. The maximum absolute atomic E-state index is 13.5. The molecule has 2 rings (SSSR count). The Balaban J connectivity index is 2.20. The molecule has 1 amide bonds. The molecule has 2 aromatic rings. The van der Waals surface area contributed by atoms with Crippen LogP contribution in [0.15, 0.2) is 48.5 Å². The molecule has 0 heterocycles. The van der Waals surface area contributed by atoms with E-state index in [4.69, 9.17) is 5.73 Å². The summed E-state index contributed by atoms with van der Waals surface area (Å²) in [5.74, 6) is -1.02. The first-order valence-electron chi connectivity index (χ1n) is 6.44. The highest BCUT2D eigenvalue weighted by Crippen LogP contribution is 2.21. The van der Waals surface area contributed by atoms with E-state index in [9.17, 15) is 9.18 Å². The monoisotopic (exact) mass is 272 g/mol. The molecule has 3 nitrogen and oxygen atoms in total. The molecular formula is C16H17FN2O. The van der Waals surface area contributed by atoms with Crippen LogP contribution in [0.4, 0.5) is 10.1 Å². The lowest BCUT2D eigenvalue weighted by Crippen LogP contribution is -2.27. The van der Waals surface area contributed by atoms with E-state index >= 15 is 0 Å². The number of amides is 1. The lowest BCUT2D eigenvalue weighted by molar-refractivity contribution is -0.117. The van der Waals surface area contributed by atoms with Crippen LogP contribution < -0.4 is 11.1 Å². The smallest absolute Gasteiger partial charge is 0.233 e. The first kappa shape index (κ1) is 14.2. The molecule has 0 aliphatic rings. The quantitative estimate of drug-likeness (QED) is 0.899. The third-order valence-corrected chi connectivity index (χ3v) is 3.28. The number of anilines is 1. The van der Waals surface area contributed by atoms with Gasteiger partial charge in [-0.2, -0.15) is 0 Å². The van der Waals surface area contributed by atoms with E-state index in [2.05, 4.69) is 5.32 Å². The summed E-state index contributed by atoms with van der Waals surface area (Å²) in [7, 11) is 0. The molecule has 20 heavy (non-hydrogen) atoms. The topological polar surface area (TPSA) is 55.1 Å². The standard InChI is InChI=1S/C16H17FN2O/c1-11-14(17)8-5-9-15(11)19-16(20)13(10-18)12-6-3-2-4-7-12/h2-9,13H,10,18H2,1H3,(H,19,20). The summed E-state index contributed by atoms with van der Waals surface area (Å²) in [6, 6.07) is 13.9. The van der Waals surface area contributed by atoms with Gasteiger partial charge in [0, 0.05) is 17.8 Å². The Hall–Kier alpha value is -2.20. The first-order valence-corrected chi connectivity index (χ1v) is 6.44. The third-order valence-electron chi connectivity index (χ3n) is 3.28. The molecule has 0 fully saturated rings. The minimum absolute atomic E-state index is 0.199. The second kappa shape index (κ2) is 6.30. The van der Waals surface area contributed by atoms with E-state index in [1.165, 1.54) is 6.07 Å². The van der Waals surface area contributed by atoms with Gasteiger partial charge in [0.1, 0.15) is 5.82 Å². The van der Waals surface area contributed by atoms with Gasteiger partial charge in [-0.05, 0) is 24.6 Å². The van der Waals surface area contributed by atoms with E-state index in [0.717, 1.165) is 5.56 Å². The van der Waals surface area contributed by atoms with Crippen LogP contribution in [0.5, 0.6) is 0 Å². The third kappa shape index (κ3) is 3.03. The maximum atomic E-state index is 13.5. The predicted molar refractivity (Wildman–Crippen MR) is 78.0 cm³/mol. The van der Waals surface area contributed by atoms with Crippen LogP contribution in [0.3, 0.4) is 0 Å². The van der Waals surface area contributed by atoms with Crippen molar-refractivity contribution >= 4 is 11.6 Å². The van der Waals surface area contributed by atoms with Gasteiger partial charge in [0.05, 0.1) is 5.92 Å². The van der Waals surface area contributed by atoms with Crippen molar-refractivity contribution in [2.45, 2.75) is 12.8 Å². The number of hydrogen-bond acceptors (Lipinski definition) is 2. The lowest BCUT2D eigenvalue weighted by Gasteiger charge is -2.16. The second-order valence-corrected chi connectivity index (χ2v) is 4.60. The average Bonchev–Trinajstić information content (AvgIpc) is 2.46. The van der Waals surface area contributed by atoms with Crippen molar-refractivity contribution < 1.29 is 9.18 Å². The number of rotatable bonds is 4. The second-order valence-electron chi connectivity index (χ2n) is 4.60. The minimum atomic E-state index is -0.445. The molecule has 1 unspecified atom stereocenters. The van der Waals surface area contributed by atoms with Crippen molar-refractivity contribution in [1.82, 2.24) is 0 Å². The summed E-state index contributed by atoms with van der Waals surface area (Å²) in [5.41, 5.74) is 7.44. The Morgan fingerprint density at radius 2 is 1.90 bits per heavy atom. The fraction of sp³-hybridized carbons (Fsp3) is 0.188. The van der Waals surface area contributed by atoms with Gasteiger partial charge in [0.15, 0.2) is 0 Å². The zero-order valence-electron chi connectivity index (χ0n) is 11.3. The highest BCUT2D eigenvalue weighted by Gasteiger charge is 2.19. The molecule has 0 radical (unpaired) electrons. The molecule has 2 aromatic carbocycles. The normalized spacial score (nSPS) is 11.9. The summed E-state index contributed by atoms with van der Waals surface area (Å²) in [6.45, 7) is 1.83. The van der Waals surface area contributed by atoms with E-state index in [0.29, 0.717) is 11.3 Å². The van der Waals surface area contributed by atoms with E-state index in [1.807, 2.05) is 30.3 Å². The Labute approximate surface area is 117 Å². The molecule has 4 heteroatoms. The first-order chi connectivity index (χ1) is 9.63. The maximum Gasteiger partial charge on any atom is 0.233 e. The zero-order chi connectivity index (χ0) is 14.5. The van der Waals surface area contributed by atoms with Crippen LogP contribution in [0.25, 0.3) is 0 Å². The Morgan fingerprint density at radius 1 is 1.20 bits per heavy atom. The molecule has 0 saturated carbocycles. The SMILES string of the molecule is Cc1c(F)cccc1NC(=O)C(CN)c1ccccc1. The molecule has 3 N–H and O–H groups in total. The van der Waals surface area contributed by atoms with Gasteiger partial charge in [-0.1, -0.05) is 36.4 Å². The Morgan fingerprint density at radius 3 is 2.55 bits per heavy atom. The van der Waals surface area contributed by atoms with Crippen molar-refractivity contribution in [3.8, 4) is 0 Å². The summed E-state index contributed by atoms with van der Waals surface area (Å²) >= 11 is 0. The Kier molecular flexibility index (Phi) is 4.48. The fourth-order valence-corrected chi connectivity index (χ4v) is 2.04. The molecule has 1 atom stereocenters. The summed E-state index contributed by atoms with van der Waals surface area (Å²) < 4.78 is 13.5. The van der Waals surface area contributed by atoms with Gasteiger partial charge in [-0.15, -0.1) is 0 Å². The van der Waals surface area contributed by atoms with Gasteiger partial charge in [-0.3, -0.25) is 4.79 Å². The number of nitrogens with two attached hydrogens (primary N) is 1. The molecule has 0 aliphatic heterocycles. The molecule has 0 aromatic heterocycles. The number of hydrogen-bond donors (Lipinski definition) is 2. The lowest BCUT2D eigenvalue weighted by atomic mass is 9.98. The van der Waals surface area contributed by atoms with Crippen LogP contribution in [-0.2, 0) is 4.79 Å². The van der Waals surface area contributed by atoms with Crippen molar-refractivity contribution in [3.63, 3.8) is 0 Å². The van der Waals surface area contributed by atoms with Crippen molar-refractivity contribution in [2.75, 3.05) is 11.9 Å². The van der Waals surface area contributed by atoms with E-state index < -0.39 is 5.92 Å². The van der Waals surface area contributed by atoms with Crippen LogP contribution in [0, 0.1) is 12.7 Å². The average molecular weight is 272 g/mol. The van der Waals surface area contributed by atoms with Crippen LogP contribution in [0.2, 0.25) is 0 Å². The van der Waals surface area contributed by atoms with E-state index in [-0.39, 0.29) is 18.3 Å². The zero-order valence-corrected chi connectivity index (χ0v) is 11.3. The molecule has 0 spiro atoms. The highest BCUT2D eigenvalue weighted by molar-refractivity contribution is 5.96. The van der Waals surface area contributed by atoms with Crippen molar-refractivity contribution in [3.05, 3.63) is 65.5 Å².